The summed E-state index contributed by atoms with van der Waals surface area (Å²) in [4.78, 5) is 35.8. The molecule has 10 nitrogen and oxygen atoms in total. The van der Waals surface area contributed by atoms with Gasteiger partial charge in [0, 0.05) is 32.2 Å². The average Bonchev–Trinajstić information content (AvgIpc) is 3.67. The number of ether oxygens (including phenoxy) is 4. The minimum atomic E-state index is -0.466. The predicted molar refractivity (Wildman–Crippen MR) is 120 cm³/mol. The van der Waals surface area contributed by atoms with Gasteiger partial charge >= 0.3 is 6.09 Å². The smallest absolute Gasteiger partial charge is 0.406 e. The van der Waals surface area contributed by atoms with Crippen LogP contribution in [0.4, 0.5) is 4.79 Å². The predicted octanol–water partition coefficient (Wildman–Crippen LogP) is 2.41. The average molecular weight is 465 g/mol. The van der Waals surface area contributed by atoms with Crippen LogP contribution >= 0.6 is 0 Å². The van der Waals surface area contributed by atoms with Gasteiger partial charge in [-0.1, -0.05) is 0 Å². The van der Waals surface area contributed by atoms with Crippen molar-refractivity contribution >= 4 is 12.0 Å². The highest BCUT2D eigenvalue weighted by Crippen LogP contribution is 2.36. The van der Waals surface area contributed by atoms with Crippen molar-refractivity contribution in [1.29, 1.82) is 0 Å². The van der Waals surface area contributed by atoms with Crippen LogP contribution in [-0.4, -0.2) is 79.6 Å². The summed E-state index contributed by atoms with van der Waals surface area (Å²) in [6, 6.07) is 1.76. The van der Waals surface area contributed by atoms with Crippen molar-refractivity contribution < 1.29 is 28.5 Å². The van der Waals surface area contributed by atoms with Gasteiger partial charge in [0.25, 0.3) is 5.91 Å². The molecule has 1 saturated heterocycles. The Morgan fingerprint density at radius 1 is 1.21 bits per heavy atom. The third-order valence-electron chi connectivity index (χ3n) is 6.03. The van der Waals surface area contributed by atoms with Gasteiger partial charge < -0.3 is 29.2 Å². The van der Waals surface area contributed by atoms with E-state index in [1.54, 1.807) is 20.3 Å². The van der Waals surface area contributed by atoms with E-state index in [0.717, 1.165) is 37.8 Å². The van der Waals surface area contributed by atoms with E-state index in [0.29, 0.717) is 37.7 Å². The molecule has 0 aromatic carbocycles. The fourth-order valence-corrected chi connectivity index (χ4v) is 4.17. The third-order valence-corrected chi connectivity index (χ3v) is 6.03. The highest BCUT2D eigenvalue weighted by Gasteiger charge is 2.41. The Morgan fingerprint density at radius 2 is 2.00 bits per heavy atom. The molecular formula is C23H36N4O6. The van der Waals surface area contributed by atoms with Crippen LogP contribution in [-0.2, 0) is 25.4 Å². The van der Waals surface area contributed by atoms with Gasteiger partial charge in [-0.15, -0.1) is 0 Å². The van der Waals surface area contributed by atoms with Crippen LogP contribution in [0, 0.1) is 0 Å². The Bertz CT molecular complexity index is 801. The van der Waals surface area contributed by atoms with Crippen molar-refractivity contribution in [3.63, 3.8) is 0 Å². The molecule has 1 saturated carbocycles. The summed E-state index contributed by atoms with van der Waals surface area (Å²) in [6.45, 7) is 2.95. The molecule has 33 heavy (non-hydrogen) atoms. The fraction of sp³-hybridized carbons (Fsp3) is 0.739. The van der Waals surface area contributed by atoms with E-state index in [2.05, 4.69) is 15.0 Å². The molecule has 184 valence electrons. The maximum absolute atomic E-state index is 13.5. The maximum Gasteiger partial charge on any atom is 0.406 e. The van der Waals surface area contributed by atoms with Crippen LogP contribution in [0.3, 0.4) is 0 Å². The standard InChI is InChI=1S/C23H36N4O6/c1-15(18-13-21(31-3)26-20(25-18)9-6-12-24-23(29)32-4)27(16-10-11-16)22(28)19-8-5-7-17(33-19)14-30-2/h13,15-17,19H,5-12,14H2,1-4H3,(H,24,29)/t15-,17+,19-/m1/s1. The number of hydrogen-bond acceptors (Lipinski definition) is 8. The topological polar surface area (TPSA) is 112 Å². The first-order valence-corrected chi connectivity index (χ1v) is 11.7. The largest absolute Gasteiger partial charge is 0.481 e. The summed E-state index contributed by atoms with van der Waals surface area (Å²) in [5.41, 5.74) is 0.738. The lowest BCUT2D eigenvalue weighted by atomic mass is 10.0. The Hall–Kier alpha value is -2.46. The quantitative estimate of drug-likeness (QED) is 0.497. The Kier molecular flexibility index (Phi) is 9.25. The summed E-state index contributed by atoms with van der Waals surface area (Å²) in [6.07, 6.45) is 4.80. The maximum atomic E-state index is 13.5. The lowest BCUT2D eigenvalue weighted by Crippen LogP contribution is -2.46. The van der Waals surface area contributed by atoms with Crippen LogP contribution in [0.15, 0.2) is 6.07 Å². The van der Waals surface area contributed by atoms with E-state index < -0.39 is 12.2 Å². The summed E-state index contributed by atoms with van der Waals surface area (Å²) in [5, 5.41) is 2.65. The fourth-order valence-electron chi connectivity index (χ4n) is 4.17. The number of rotatable bonds is 11. The third kappa shape index (κ3) is 7.01. The van der Waals surface area contributed by atoms with Crippen molar-refractivity contribution in [3.8, 4) is 5.88 Å². The zero-order valence-corrected chi connectivity index (χ0v) is 20.0. The summed E-state index contributed by atoms with van der Waals surface area (Å²) in [7, 11) is 4.55. The second-order valence-electron chi connectivity index (χ2n) is 8.56. The van der Waals surface area contributed by atoms with Crippen molar-refractivity contribution in [2.45, 2.75) is 76.2 Å². The van der Waals surface area contributed by atoms with Crippen molar-refractivity contribution in [2.24, 2.45) is 0 Å². The number of alkyl carbamates (subject to hydrolysis) is 1. The van der Waals surface area contributed by atoms with Crippen molar-refractivity contribution in [2.75, 3.05) is 34.5 Å². The summed E-state index contributed by atoms with van der Waals surface area (Å²) in [5.74, 6) is 1.09. The molecule has 2 aliphatic rings. The van der Waals surface area contributed by atoms with Gasteiger partial charge in [0.2, 0.25) is 5.88 Å². The second kappa shape index (κ2) is 12.1. The highest BCUT2D eigenvalue weighted by molar-refractivity contribution is 5.82. The van der Waals surface area contributed by atoms with Crippen LogP contribution in [0.2, 0.25) is 0 Å². The molecule has 2 heterocycles. The van der Waals surface area contributed by atoms with E-state index >= 15 is 0 Å². The van der Waals surface area contributed by atoms with Gasteiger partial charge in [-0.3, -0.25) is 4.79 Å². The summed E-state index contributed by atoms with van der Waals surface area (Å²) < 4.78 is 21.3. The normalized spacial score (nSPS) is 21.2. The van der Waals surface area contributed by atoms with E-state index in [4.69, 9.17) is 19.2 Å². The van der Waals surface area contributed by atoms with Crippen molar-refractivity contribution in [3.05, 3.63) is 17.6 Å². The molecule has 1 N–H and O–H groups in total. The van der Waals surface area contributed by atoms with Gasteiger partial charge in [-0.05, 0) is 45.4 Å². The molecule has 2 fully saturated rings. The van der Waals surface area contributed by atoms with Crippen LogP contribution < -0.4 is 10.1 Å². The first-order chi connectivity index (χ1) is 16.0. The number of hydrogen-bond donors (Lipinski definition) is 1. The van der Waals surface area contributed by atoms with Crippen LogP contribution in [0.25, 0.3) is 0 Å². The molecule has 10 heteroatoms. The Balaban J connectivity index is 1.71. The van der Waals surface area contributed by atoms with Crippen molar-refractivity contribution in [1.82, 2.24) is 20.2 Å². The minimum Gasteiger partial charge on any atom is -0.481 e. The molecule has 3 atom stereocenters. The minimum absolute atomic E-state index is 0.0206. The molecule has 0 spiro atoms. The number of nitrogens with one attached hydrogen (secondary N) is 1. The highest BCUT2D eigenvalue weighted by atomic mass is 16.5. The van der Waals surface area contributed by atoms with Gasteiger partial charge in [-0.25, -0.2) is 9.78 Å². The number of amides is 2. The number of aryl methyl sites for hydroxylation is 1. The zero-order valence-electron chi connectivity index (χ0n) is 20.0. The van der Waals surface area contributed by atoms with Crippen LogP contribution in [0.1, 0.15) is 63.0 Å². The van der Waals surface area contributed by atoms with Gasteiger partial charge in [0.15, 0.2) is 0 Å². The number of methoxy groups -OCH3 is 3. The van der Waals surface area contributed by atoms with Gasteiger partial charge in [0.1, 0.15) is 11.9 Å². The Morgan fingerprint density at radius 3 is 2.67 bits per heavy atom. The number of carbonyl (C=O) groups is 2. The monoisotopic (exact) mass is 464 g/mol. The SMILES string of the molecule is COC[C@@H]1CCC[C@H](C(=O)N(C2CC2)[C@H](C)c2cc(OC)nc(CCCNC(=O)OC)n2)O1. The first-order valence-electron chi connectivity index (χ1n) is 11.7. The molecule has 1 aromatic heterocycles. The molecule has 1 aliphatic heterocycles. The van der Waals surface area contributed by atoms with Crippen LogP contribution in [0.5, 0.6) is 5.88 Å². The summed E-state index contributed by atoms with van der Waals surface area (Å²) >= 11 is 0. The molecule has 0 unspecified atom stereocenters. The molecular weight excluding hydrogens is 428 g/mol. The molecule has 2 amide bonds. The lowest BCUT2D eigenvalue weighted by Gasteiger charge is -2.36. The molecule has 3 rings (SSSR count). The lowest BCUT2D eigenvalue weighted by molar-refractivity contribution is -0.158. The second-order valence-corrected chi connectivity index (χ2v) is 8.56. The van der Waals surface area contributed by atoms with E-state index in [1.165, 1.54) is 7.11 Å². The Labute approximate surface area is 195 Å². The van der Waals surface area contributed by atoms with E-state index in [-0.39, 0.29) is 24.1 Å². The number of carbonyl (C=O) groups excluding carboxylic acids is 2. The molecule has 0 radical (unpaired) electrons. The van der Waals surface area contributed by atoms with Gasteiger partial charge in [-0.2, -0.15) is 4.98 Å². The molecule has 0 bridgehead atoms. The molecule has 1 aromatic rings. The van der Waals surface area contributed by atoms with E-state index in [9.17, 15) is 9.59 Å². The number of aromatic nitrogens is 2. The molecule has 1 aliphatic carbocycles. The first kappa shape index (κ1) is 25.2. The zero-order chi connectivity index (χ0) is 23.8. The van der Waals surface area contributed by atoms with Gasteiger partial charge in [0.05, 0.1) is 38.7 Å². The number of nitrogens with zero attached hydrogens (tertiary/aromatic N) is 3. The van der Waals surface area contributed by atoms with E-state index in [1.807, 2.05) is 11.8 Å².